The van der Waals surface area contributed by atoms with Crippen LogP contribution in [0.4, 0.5) is 14.9 Å². The normalized spacial score (nSPS) is 10.7. The molecule has 0 aliphatic rings. The molecule has 0 spiro atoms. The van der Waals surface area contributed by atoms with Gasteiger partial charge in [-0.1, -0.05) is 11.6 Å². The molecular formula is C17H15ClFN3O. The highest BCUT2D eigenvalue weighted by Gasteiger charge is 2.06. The third-order valence-corrected chi connectivity index (χ3v) is 3.76. The van der Waals surface area contributed by atoms with Crippen LogP contribution in [-0.4, -0.2) is 17.6 Å². The zero-order valence-corrected chi connectivity index (χ0v) is 13.0. The van der Waals surface area contributed by atoms with Crippen LogP contribution in [0.15, 0.2) is 48.7 Å². The first kappa shape index (κ1) is 15.4. The van der Waals surface area contributed by atoms with Gasteiger partial charge in [0.25, 0.3) is 0 Å². The molecule has 0 aliphatic heterocycles. The van der Waals surface area contributed by atoms with Gasteiger partial charge in [-0.05, 0) is 54.4 Å². The second kappa shape index (κ2) is 6.71. The fourth-order valence-corrected chi connectivity index (χ4v) is 2.50. The van der Waals surface area contributed by atoms with Crippen LogP contribution in [0.1, 0.15) is 5.56 Å². The molecule has 118 valence electrons. The van der Waals surface area contributed by atoms with Crippen LogP contribution in [0.2, 0.25) is 5.02 Å². The molecule has 0 atom stereocenters. The van der Waals surface area contributed by atoms with E-state index in [0.29, 0.717) is 23.7 Å². The highest BCUT2D eigenvalue weighted by molar-refractivity contribution is 6.30. The number of carbonyl (C=O) groups excluding carboxylic acids is 1. The second-order valence-corrected chi connectivity index (χ2v) is 5.58. The number of benzene rings is 2. The summed E-state index contributed by atoms with van der Waals surface area (Å²) in [6, 6.07) is 11.2. The summed E-state index contributed by atoms with van der Waals surface area (Å²) >= 11 is 5.79. The number of aromatic nitrogens is 1. The molecule has 23 heavy (non-hydrogen) atoms. The lowest BCUT2D eigenvalue weighted by molar-refractivity contribution is 0.252. The first-order valence-corrected chi connectivity index (χ1v) is 7.55. The number of amides is 2. The van der Waals surface area contributed by atoms with Crippen LogP contribution in [0.5, 0.6) is 0 Å². The van der Waals surface area contributed by atoms with Crippen LogP contribution in [-0.2, 0) is 6.42 Å². The molecule has 3 N–H and O–H groups in total. The van der Waals surface area contributed by atoms with Gasteiger partial charge in [-0.15, -0.1) is 0 Å². The molecule has 1 aromatic heterocycles. The van der Waals surface area contributed by atoms with Crippen LogP contribution in [0.25, 0.3) is 10.9 Å². The lowest BCUT2D eigenvalue weighted by atomic mass is 10.1. The minimum atomic E-state index is -0.293. The Morgan fingerprint density at radius 3 is 2.74 bits per heavy atom. The Kier molecular flexibility index (Phi) is 4.48. The molecule has 0 aliphatic carbocycles. The zero-order chi connectivity index (χ0) is 16.2. The van der Waals surface area contributed by atoms with Crippen molar-refractivity contribution >= 4 is 34.2 Å². The Morgan fingerprint density at radius 2 is 1.96 bits per heavy atom. The number of halogens is 2. The number of fused-ring (bicyclic) bond motifs is 1. The maximum atomic E-state index is 13.3. The van der Waals surface area contributed by atoms with E-state index >= 15 is 0 Å². The van der Waals surface area contributed by atoms with Crippen LogP contribution in [0, 0.1) is 5.82 Å². The van der Waals surface area contributed by atoms with Gasteiger partial charge in [0, 0.05) is 34.4 Å². The lowest BCUT2D eigenvalue weighted by Crippen LogP contribution is -2.30. The summed E-state index contributed by atoms with van der Waals surface area (Å²) in [6.07, 6.45) is 2.44. The van der Waals surface area contributed by atoms with Gasteiger partial charge in [0.2, 0.25) is 0 Å². The lowest BCUT2D eigenvalue weighted by Gasteiger charge is -2.07. The number of anilines is 1. The van der Waals surface area contributed by atoms with Gasteiger partial charge in [0.15, 0.2) is 0 Å². The molecular weight excluding hydrogens is 317 g/mol. The molecule has 0 fully saturated rings. The van der Waals surface area contributed by atoms with Gasteiger partial charge < -0.3 is 15.6 Å². The highest BCUT2D eigenvalue weighted by atomic mass is 35.5. The SMILES string of the molecule is O=C(NCCc1c[nH]c2ccc(F)cc12)Nc1ccc(Cl)cc1. The fourth-order valence-electron chi connectivity index (χ4n) is 2.38. The van der Waals surface area contributed by atoms with Crippen molar-refractivity contribution in [2.24, 2.45) is 0 Å². The molecule has 0 saturated heterocycles. The number of rotatable bonds is 4. The minimum Gasteiger partial charge on any atom is -0.361 e. The number of urea groups is 1. The van der Waals surface area contributed by atoms with Crippen molar-refractivity contribution in [3.05, 3.63) is 65.1 Å². The van der Waals surface area contributed by atoms with Crippen LogP contribution < -0.4 is 10.6 Å². The maximum absolute atomic E-state index is 13.3. The van der Waals surface area contributed by atoms with Gasteiger partial charge >= 0.3 is 6.03 Å². The first-order valence-electron chi connectivity index (χ1n) is 7.18. The average molecular weight is 332 g/mol. The highest BCUT2D eigenvalue weighted by Crippen LogP contribution is 2.19. The summed E-state index contributed by atoms with van der Waals surface area (Å²) in [4.78, 5) is 14.9. The molecule has 0 radical (unpaired) electrons. The second-order valence-electron chi connectivity index (χ2n) is 5.14. The van der Waals surface area contributed by atoms with Gasteiger partial charge in [-0.25, -0.2) is 9.18 Å². The standard InChI is InChI=1S/C17H15ClFN3O/c18-12-1-4-14(5-2-12)22-17(23)20-8-7-11-10-21-16-6-3-13(19)9-15(11)16/h1-6,9-10,21H,7-8H2,(H2,20,22,23). The average Bonchev–Trinajstić information content (AvgIpc) is 2.92. The monoisotopic (exact) mass is 331 g/mol. The Balaban J connectivity index is 1.55. The smallest absolute Gasteiger partial charge is 0.319 e. The van der Waals surface area contributed by atoms with E-state index < -0.39 is 0 Å². The summed E-state index contributed by atoms with van der Waals surface area (Å²) in [6.45, 7) is 0.447. The molecule has 6 heteroatoms. The number of hydrogen-bond acceptors (Lipinski definition) is 1. The Hall–Kier alpha value is -2.53. The van der Waals surface area contributed by atoms with E-state index in [4.69, 9.17) is 11.6 Å². The van der Waals surface area contributed by atoms with Crippen LogP contribution in [0.3, 0.4) is 0 Å². The number of H-pyrrole nitrogens is 1. The molecule has 3 aromatic rings. The van der Waals surface area contributed by atoms with Crippen molar-refractivity contribution in [2.45, 2.75) is 6.42 Å². The quantitative estimate of drug-likeness (QED) is 0.655. The van der Waals surface area contributed by atoms with Crippen molar-refractivity contribution in [2.75, 3.05) is 11.9 Å². The van der Waals surface area contributed by atoms with Gasteiger partial charge in [-0.2, -0.15) is 0 Å². The van der Waals surface area contributed by atoms with E-state index in [1.54, 1.807) is 30.3 Å². The molecule has 2 aromatic carbocycles. The summed E-state index contributed by atoms with van der Waals surface area (Å²) in [5.41, 5.74) is 2.51. The summed E-state index contributed by atoms with van der Waals surface area (Å²) in [7, 11) is 0. The maximum Gasteiger partial charge on any atom is 0.319 e. The molecule has 3 rings (SSSR count). The number of carbonyl (C=O) groups is 1. The molecule has 0 unspecified atom stereocenters. The Morgan fingerprint density at radius 1 is 1.17 bits per heavy atom. The summed E-state index contributed by atoms with van der Waals surface area (Å²) in [5, 5.41) is 6.94. The summed E-state index contributed by atoms with van der Waals surface area (Å²) < 4.78 is 13.3. The van der Waals surface area contributed by atoms with E-state index in [-0.39, 0.29) is 11.8 Å². The molecule has 0 saturated carbocycles. The van der Waals surface area contributed by atoms with E-state index in [1.165, 1.54) is 12.1 Å². The van der Waals surface area contributed by atoms with Gasteiger partial charge in [-0.3, -0.25) is 0 Å². The van der Waals surface area contributed by atoms with Crippen molar-refractivity contribution in [1.29, 1.82) is 0 Å². The van der Waals surface area contributed by atoms with Crippen molar-refractivity contribution < 1.29 is 9.18 Å². The third-order valence-electron chi connectivity index (χ3n) is 3.51. The van der Waals surface area contributed by atoms with E-state index in [0.717, 1.165) is 16.5 Å². The first-order chi connectivity index (χ1) is 11.1. The fraction of sp³-hybridized carbons (Fsp3) is 0.118. The predicted octanol–water partition coefficient (Wildman–Crippen LogP) is 4.32. The number of aromatic amines is 1. The topological polar surface area (TPSA) is 56.9 Å². The zero-order valence-electron chi connectivity index (χ0n) is 12.2. The predicted molar refractivity (Wildman–Crippen MR) is 90.4 cm³/mol. The van der Waals surface area contributed by atoms with E-state index in [9.17, 15) is 9.18 Å². The third kappa shape index (κ3) is 3.81. The summed E-state index contributed by atoms with van der Waals surface area (Å²) in [5.74, 6) is -0.271. The Bertz CT molecular complexity index is 829. The molecule has 4 nitrogen and oxygen atoms in total. The van der Waals surface area contributed by atoms with Crippen molar-refractivity contribution in [1.82, 2.24) is 10.3 Å². The van der Waals surface area contributed by atoms with E-state index in [2.05, 4.69) is 15.6 Å². The van der Waals surface area contributed by atoms with Crippen molar-refractivity contribution in [3.8, 4) is 0 Å². The number of hydrogen-bond donors (Lipinski definition) is 3. The van der Waals surface area contributed by atoms with Gasteiger partial charge in [0.1, 0.15) is 5.82 Å². The van der Waals surface area contributed by atoms with Gasteiger partial charge in [0.05, 0.1) is 0 Å². The largest absolute Gasteiger partial charge is 0.361 e. The van der Waals surface area contributed by atoms with Crippen molar-refractivity contribution in [3.63, 3.8) is 0 Å². The Labute approximate surface area is 137 Å². The van der Waals surface area contributed by atoms with Crippen LogP contribution >= 0.6 is 11.6 Å². The molecule has 1 heterocycles. The molecule has 2 amide bonds. The number of nitrogens with one attached hydrogen (secondary N) is 3. The molecule has 0 bridgehead atoms. The van der Waals surface area contributed by atoms with E-state index in [1.807, 2.05) is 6.20 Å². The minimum absolute atomic E-state index is 0.271.